The molecule has 1 aromatic carbocycles. The van der Waals surface area contributed by atoms with Crippen molar-refractivity contribution in [3.05, 3.63) is 17.9 Å². The number of furan rings is 1. The normalized spacial score (nSPS) is 11.0. The number of carbonyl (C=O) groups excluding carboxylic acids is 1. The smallest absolute Gasteiger partial charge is 0.205 e. The summed E-state index contributed by atoms with van der Waals surface area (Å²) in [4.78, 5) is 11.7. The van der Waals surface area contributed by atoms with E-state index in [4.69, 9.17) is 13.9 Å². The molecule has 0 unspecified atom stereocenters. The van der Waals surface area contributed by atoms with Crippen LogP contribution in [0, 0.1) is 0 Å². The third-order valence-corrected chi connectivity index (χ3v) is 2.70. The van der Waals surface area contributed by atoms with Crippen LogP contribution in [-0.4, -0.2) is 24.1 Å². The summed E-state index contributed by atoms with van der Waals surface area (Å²) in [5, 5.41) is 10.8. The van der Waals surface area contributed by atoms with Crippen molar-refractivity contribution in [1.82, 2.24) is 0 Å². The molecule has 1 N–H and O–H groups in total. The van der Waals surface area contributed by atoms with E-state index in [1.165, 1.54) is 20.3 Å². The van der Waals surface area contributed by atoms with Crippen LogP contribution in [-0.2, 0) is 0 Å². The van der Waals surface area contributed by atoms with E-state index in [1.807, 2.05) is 13.8 Å². The second-order valence-corrected chi connectivity index (χ2v) is 4.47. The Morgan fingerprint density at radius 1 is 1.37 bits per heavy atom. The first-order valence-corrected chi connectivity index (χ1v) is 5.95. The maximum atomic E-state index is 11.7. The molecule has 19 heavy (non-hydrogen) atoms. The highest BCUT2D eigenvalue weighted by molar-refractivity contribution is 6.08. The number of carbonyl (C=O) groups is 1. The average Bonchev–Trinajstić information content (AvgIpc) is 2.79. The van der Waals surface area contributed by atoms with Gasteiger partial charge in [-0.3, -0.25) is 4.79 Å². The number of phenolic OH excluding ortho intramolecular Hbond substituents is 1. The van der Waals surface area contributed by atoms with E-state index < -0.39 is 0 Å². The van der Waals surface area contributed by atoms with Gasteiger partial charge in [0.25, 0.3) is 0 Å². The topological polar surface area (TPSA) is 68.9 Å². The summed E-state index contributed by atoms with van der Waals surface area (Å²) < 4.78 is 16.1. The van der Waals surface area contributed by atoms with Crippen LogP contribution in [0.2, 0.25) is 0 Å². The van der Waals surface area contributed by atoms with Gasteiger partial charge in [0, 0.05) is 0 Å². The Morgan fingerprint density at radius 3 is 2.58 bits per heavy atom. The van der Waals surface area contributed by atoms with Crippen molar-refractivity contribution in [3.8, 4) is 17.2 Å². The Morgan fingerprint density at radius 2 is 2.05 bits per heavy atom. The Kier molecular flexibility index (Phi) is 3.38. The fourth-order valence-corrected chi connectivity index (χ4v) is 2.01. The van der Waals surface area contributed by atoms with E-state index in [1.54, 1.807) is 6.07 Å². The maximum Gasteiger partial charge on any atom is 0.205 e. The van der Waals surface area contributed by atoms with E-state index in [-0.39, 0.29) is 28.9 Å². The number of hydrogen-bond donors (Lipinski definition) is 1. The molecule has 0 radical (unpaired) electrons. The monoisotopic (exact) mass is 264 g/mol. The third kappa shape index (κ3) is 2.12. The van der Waals surface area contributed by atoms with E-state index in [9.17, 15) is 9.90 Å². The molecule has 0 fully saturated rings. The zero-order chi connectivity index (χ0) is 14.2. The Hall–Kier alpha value is -2.17. The van der Waals surface area contributed by atoms with Crippen LogP contribution in [0.15, 0.2) is 16.7 Å². The minimum Gasteiger partial charge on any atom is -0.504 e. The van der Waals surface area contributed by atoms with Gasteiger partial charge in [-0.2, -0.15) is 0 Å². The molecule has 0 saturated heterocycles. The van der Waals surface area contributed by atoms with Gasteiger partial charge in [0.1, 0.15) is 11.3 Å². The predicted molar refractivity (Wildman–Crippen MR) is 70.2 cm³/mol. The second-order valence-electron chi connectivity index (χ2n) is 4.47. The lowest BCUT2D eigenvalue weighted by Gasteiger charge is -2.16. The van der Waals surface area contributed by atoms with Crippen LogP contribution < -0.4 is 9.47 Å². The standard InChI is InChI=1S/C14H16O5/c1-7(2)19-14-11(16)10(8(3)15)12(17-4)9-5-6-18-13(9)14/h5-7,16H,1-4H3. The zero-order valence-electron chi connectivity index (χ0n) is 11.3. The molecule has 0 aliphatic rings. The lowest BCUT2D eigenvalue weighted by atomic mass is 10.0. The highest BCUT2D eigenvalue weighted by Gasteiger charge is 2.26. The third-order valence-electron chi connectivity index (χ3n) is 2.70. The van der Waals surface area contributed by atoms with Crippen molar-refractivity contribution in [2.45, 2.75) is 26.9 Å². The largest absolute Gasteiger partial charge is 0.504 e. The summed E-state index contributed by atoms with van der Waals surface area (Å²) in [7, 11) is 1.44. The number of aromatic hydroxyl groups is 1. The van der Waals surface area contributed by atoms with Gasteiger partial charge in [0.2, 0.25) is 5.75 Å². The van der Waals surface area contributed by atoms with Crippen LogP contribution in [0.1, 0.15) is 31.1 Å². The van der Waals surface area contributed by atoms with Gasteiger partial charge < -0.3 is 19.0 Å². The molecule has 0 spiro atoms. The summed E-state index contributed by atoms with van der Waals surface area (Å²) in [5.74, 6) is -0.0857. The van der Waals surface area contributed by atoms with Crippen molar-refractivity contribution in [2.24, 2.45) is 0 Å². The molecule has 0 atom stereocenters. The maximum absolute atomic E-state index is 11.7. The summed E-state index contributed by atoms with van der Waals surface area (Å²) >= 11 is 0. The Balaban J connectivity index is 2.84. The summed E-state index contributed by atoms with van der Waals surface area (Å²) in [5.41, 5.74) is 0.472. The van der Waals surface area contributed by atoms with Gasteiger partial charge in [-0.15, -0.1) is 0 Å². The highest BCUT2D eigenvalue weighted by Crippen LogP contribution is 2.46. The zero-order valence-corrected chi connectivity index (χ0v) is 11.3. The SMILES string of the molecule is COc1c(C(C)=O)c(O)c(OC(C)C)c2occc12. The number of phenols is 1. The first-order valence-electron chi connectivity index (χ1n) is 5.95. The van der Waals surface area contributed by atoms with E-state index >= 15 is 0 Å². The van der Waals surface area contributed by atoms with Gasteiger partial charge in [0.05, 0.1) is 24.9 Å². The van der Waals surface area contributed by atoms with Gasteiger partial charge in [-0.1, -0.05) is 0 Å². The molecule has 1 heterocycles. The minimum absolute atomic E-state index is 0.104. The van der Waals surface area contributed by atoms with Gasteiger partial charge in [-0.05, 0) is 26.8 Å². The quantitative estimate of drug-likeness (QED) is 0.859. The highest BCUT2D eigenvalue weighted by atomic mass is 16.5. The van der Waals surface area contributed by atoms with E-state index in [2.05, 4.69) is 0 Å². The molecule has 1 aromatic heterocycles. The number of fused-ring (bicyclic) bond motifs is 1. The minimum atomic E-state index is -0.300. The fraction of sp³-hybridized carbons (Fsp3) is 0.357. The molecule has 2 rings (SSSR count). The van der Waals surface area contributed by atoms with Gasteiger partial charge >= 0.3 is 0 Å². The molecule has 102 valence electrons. The van der Waals surface area contributed by atoms with Crippen LogP contribution in [0.5, 0.6) is 17.2 Å². The van der Waals surface area contributed by atoms with Gasteiger partial charge in [-0.25, -0.2) is 0 Å². The number of methoxy groups -OCH3 is 1. The Labute approximate surface area is 110 Å². The summed E-state index contributed by atoms with van der Waals surface area (Å²) in [6, 6.07) is 1.67. The molecular weight excluding hydrogens is 248 g/mol. The molecular formula is C14H16O5. The van der Waals surface area contributed by atoms with Crippen molar-refractivity contribution < 1.29 is 23.8 Å². The molecule has 2 aromatic rings. The first-order chi connectivity index (χ1) is 8.97. The average molecular weight is 264 g/mol. The summed E-state index contributed by atoms with van der Waals surface area (Å²) in [6.45, 7) is 5.01. The van der Waals surface area contributed by atoms with Crippen LogP contribution in [0.25, 0.3) is 11.0 Å². The predicted octanol–water partition coefficient (Wildman–Crippen LogP) is 3.14. The van der Waals surface area contributed by atoms with Crippen LogP contribution in [0.3, 0.4) is 0 Å². The van der Waals surface area contributed by atoms with Crippen LogP contribution >= 0.6 is 0 Å². The van der Waals surface area contributed by atoms with Crippen molar-refractivity contribution >= 4 is 16.8 Å². The number of benzene rings is 1. The van der Waals surface area contributed by atoms with E-state index in [0.717, 1.165) is 0 Å². The molecule has 5 nitrogen and oxygen atoms in total. The molecule has 0 aliphatic carbocycles. The number of hydrogen-bond acceptors (Lipinski definition) is 5. The Bertz CT molecular complexity index is 624. The van der Waals surface area contributed by atoms with Crippen molar-refractivity contribution in [2.75, 3.05) is 7.11 Å². The number of Topliss-reactive ketones (excluding diaryl/α,β-unsaturated/α-hetero) is 1. The van der Waals surface area contributed by atoms with Crippen LogP contribution in [0.4, 0.5) is 0 Å². The molecule has 0 bridgehead atoms. The second kappa shape index (κ2) is 4.84. The first kappa shape index (κ1) is 13.3. The molecule has 0 saturated carbocycles. The number of ether oxygens (including phenoxy) is 2. The van der Waals surface area contributed by atoms with E-state index in [0.29, 0.717) is 16.7 Å². The molecule has 0 amide bonds. The lowest BCUT2D eigenvalue weighted by molar-refractivity contribution is 0.101. The van der Waals surface area contributed by atoms with Crippen molar-refractivity contribution in [3.63, 3.8) is 0 Å². The fourth-order valence-electron chi connectivity index (χ4n) is 2.01. The molecule has 5 heteroatoms. The molecule has 0 aliphatic heterocycles. The van der Waals surface area contributed by atoms with Gasteiger partial charge in [0.15, 0.2) is 17.1 Å². The number of rotatable bonds is 4. The number of ketones is 1. The summed E-state index contributed by atoms with van der Waals surface area (Å²) in [6.07, 6.45) is 1.30. The van der Waals surface area contributed by atoms with Crippen molar-refractivity contribution in [1.29, 1.82) is 0 Å². The lowest BCUT2D eigenvalue weighted by Crippen LogP contribution is -2.08.